The molecule has 0 fully saturated rings. The minimum atomic E-state index is -1.07. The second-order valence-corrected chi connectivity index (χ2v) is 4.14. The van der Waals surface area contributed by atoms with E-state index in [4.69, 9.17) is 5.11 Å². The summed E-state index contributed by atoms with van der Waals surface area (Å²) in [6, 6.07) is 0. The Morgan fingerprint density at radius 1 is 1.37 bits per heavy atom. The van der Waals surface area contributed by atoms with Gasteiger partial charge in [0.1, 0.15) is 5.82 Å². The fourth-order valence-electron chi connectivity index (χ4n) is 1.65. The van der Waals surface area contributed by atoms with Crippen molar-refractivity contribution in [3.8, 4) is 0 Å². The van der Waals surface area contributed by atoms with Gasteiger partial charge in [-0.2, -0.15) is 5.10 Å². The molecule has 2 heterocycles. The maximum atomic E-state index is 10.6. The lowest BCUT2D eigenvalue weighted by Crippen LogP contribution is -2.07. The fourth-order valence-corrected chi connectivity index (χ4v) is 1.65. The predicted octanol–water partition coefficient (Wildman–Crippen LogP) is 1.25. The lowest BCUT2D eigenvalue weighted by Gasteiger charge is -2.04. The molecule has 0 amide bonds. The SMILES string of the molecule is Cc1[nH]ncc1CCCNc1cnc(C(=O)O)cn1. The Bertz CT molecular complexity index is 550. The van der Waals surface area contributed by atoms with E-state index in [0.29, 0.717) is 5.82 Å². The van der Waals surface area contributed by atoms with E-state index in [2.05, 4.69) is 25.5 Å². The number of aromatic amines is 1. The number of hydrogen-bond donors (Lipinski definition) is 3. The van der Waals surface area contributed by atoms with Gasteiger partial charge in [-0.05, 0) is 25.3 Å². The summed E-state index contributed by atoms with van der Waals surface area (Å²) in [6.07, 6.45) is 6.35. The Balaban J connectivity index is 1.76. The van der Waals surface area contributed by atoms with Crippen LogP contribution in [-0.4, -0.2) is 37.8 Å². The Hall–Kier alpha value is -2.44. The van der Waals surface area contributed by atoms with Gasteiger partial charge < -0.3 is 10.4 Å². The lowest BCUT2D eigenvalue weighted by molar-refractivity contribution is 0.0690. The second kappa shape index (κ2) is 5.94. The smallest absolute Gasteiger partial charge is 0.356 e. The van der Waals surface area contributed by atoms with E-state index in [1.54, 1.807) is 0 Å². The highest BCUT2D eigenvalue weighted by molar-refractivity contribution is 5.84. The van der Waals surface area contributed by atoms with E-state index in [1.165, 1.54) is 18.0 Å². The van der Waals surface area contributed by atoms with E-state index in [9.17, 15) is 4.79 Å². The van der Waals surface area contributed by atoms with Crippen LogP contribution >= 0.6 is 0 Å². The summed E-state index contributed by atoms with van der Waals surface area (Å²) in [4.78, 5) is 18.4. The quantitative estimate of drug-likeness (QED) is 0.676. The Morgan fingerprint density at radius 2 is 2.21 bits per heavy atom. The molecule has 0 aliphatic carbocycles. The normalized spacial score (nSPS) is 10.4. The molecule has 0 bridgehead atoms. The van der Waals surface area contributed by atoms with Crippen molar-refractivity contribution in [1.82, 2.24) is 20.2 Å². The van der Waals surface area contributed by atoms with Crippen LogP contribution in [0.25, 0.3) is 0 Å². The van der Waals surface area contributed by atoms with Crippen molar-refractivity contribution in [3.63, 3.8) is 0 Å². The zero-order valence-electron chi connectivity index (χ0n) is 10.6. The van der Waals surface area contributed by atoms with Gasteiger partial charge in [-0.3, -0.25) is 5.10 Å². The zero-order chi connectivity index (χ0) is 13.7. The predicted molar refractivity (Wildman–Crippen MR) is 69.1 cm³/mol. The molecular formula is C12H15N5O2. The van der Waals surface area contributed by atoms with Crippen LogP contribution in [-0.2, 0) is 6.42 Å². The molecule has 0 radical (unpaired) electrons. The van der Waals surface area contributed by atoms with Gasteiger partial charge in [-0.25, -0.2) is 14.8 Å². The summed E-state index contributed by atoms with van der Waals surface area (Å²) < 4.78 is 0. The molecule has 0 aromatic carbocycles. The van der Waals surface area contributed by atoms with E-state index in [0.717, 1.165) is 25.1 Å². The molecule has 19 heavy (non-hydrogen) atoms. The molecule has 2 aromatic heterocycles. The zero-order valence-corrected chi connectivity index (χ0v) is 10.6. The molecule has 100 valence electrons. The molecular weight excluding hydrogens is 246 g/mol. The van der Waals surface area contributed by atoms with Crippen LogP contribution in [0.4, 0.5) is 5.82 Å². The number of carboxylic acid groups (broad SMARTS) is 1. The van der Waals surface area contributed by atoms with Crippen LogP contribution in [0.5, 0.6) is 0 Å². The molecule has 0 unspecified atom stereocenters. The molecule has 0 atom stereocenters. The number of H-pyrrole nitrogens is 1. The van der Waals surface area contributed by atoms with Gasteiger partial charge in [0, 0.05) is 12.2 Å². The number of aromatic nitrogens is 4. The van der Waals surface area contributed by atoms with Crippen molar-refractivity contribution < 1.29 is 9.90 Å². The van der Waals surface area contributed by atoms with E-state index in [-0.39, 0.29) is 5.69 Å². The first-order valence-corrected chi connectivity index (χ1v) is 5.95. The average molecular weight is 261 g/mol. The van der Waals surface area contributed by atoms with Crippen molar-refractivity contribution >= 4 is 11.8 Å². The van der Waals surface area contributed by atoms with Crippen LogP contribution < -0.4 is 5.32 Å². The molecule has 0 aliphatic rings. The van der Waals surface area contributed by atoms with Crippen LogP contribution in [0, 0.1) is 6.92 Å². The number of carbonyl (C=O) groups is 1. The maximum absolute atomic E-state index is 10.6. The Kier molecular flexibility index (Phi) is 4.07. The minimum absolute atomic E-state index is 0.0560. The third kappa shape index (κ3) is 3.51. The summed E-state index contributed by atoms with van der Waals surface area (Å²) >= 11 is 0. The molecule has 2 aromatic rings. The summed E-state index contributed by atoms with van der Waals surface area (Å²) in [6.45, 7) is 2.73. The number of hydrogen-bond acceptors (Lipinski definition) is 5. The lowest BCUT2D eigenvalue weighted by atomic mass is 10.1. The van der Waals surface area contributed by atoms with Gasteiger partial charge >= 0.3 is 5.97 Å². The number of nitrogens with one attached hydrogen (secondary N) is 2. The van der Waals surface area contributed by atoms with Crippen molar-refractivity contribution in [2.75, 3.05) is 11.9 Å². The van der Waals surface area contributed by atoms with Crippen LogP contribution in [0.2, 0.25) is 0 Å². The van der Waals surface area contributed by atoms with Gasteiger partial charge in [-0.15, -0.1) is 0 Å². The van der Waals surface area contributed by atoms with Crippen molar-refractivity contribution in [2.45, 2.75) is 19.8 Å². The monoisotopic (exact) mass is 261 g/mol. The first-order chi connectivity index (χ1) is 9.16. The van der Waals surface area contributed by atoms with Gasteiger partial charge in [0.2, 0.25) is 0 Å². The van der Waals surface area contributed by atoms with Crippen LogP contribution in [0.15, 0.2) is 18.6 Å². The fraction of sp³-hybridized carbons (Fsp3) is 0.333. The Labute approximate surface area is 110 Å². The third-order valence-corrected chi connectivity index (χ3v) is 2.73. The third-order valence-electron chi connectivity index (χ3n) is 2.73. The summed E-state index contributed by atoms with van der Waals surface area (Å²) in [5.74, 6) is -0.497. The van der Waals surface area contributed by atoms with Gasteiger partial charge in [0.25, 0.3) is 0 Å². The Morgan fingerprint density at radius 3 is 2.79 bits per heavy atom. The highest BCUT2D eigenvalue weighted by Crippen LogP contribution is 2.06. The summed E-state index contributed by atoms with van der Waals surface area (Å²) in [5, 5.41) is 18.6. The van der Waals surface area contributed by atoms with Crippen molar-refractivity contribution in [3.05, 3.63) is 35.5 Å². The molecule has 0 spiro atoms. The van der Waals surface area contributed by atoms with E-state index in [1.807, 2.05) is 13.1 Å². The van der Waals surface area contributed by atoms with E-state index < -0.39 is 5.97 Å². The van der Waals surface area contributed by atoms with Crippen LogP contribution in [0.3, 0.4) is 0 Å². The van der Waals surface area contributed by atoms with Gasteiger partial charge in [0.15, 0.2) is 5.69 Å². The molecule has 0 saturated heterocycles. The molecule has 7 nitrogen and oxygen atoms in total. The number of nitrogens with zero attached hydrogens (tertiary/aromatic N) is 3. The molecule has 0 saturated carbocycles. The summed E-state index contributed by atoms with van der Waals surface area (Å²) in [7, 11) is 0. The first kappa shape index (κ1) is 13.0. The highest BCUT2D eigenvalue weighted by Gasteiger charge is 2.04. The molecule has 7 heteroatoms. The average Bonchev–Trinajstić information content (AvgIpc) is 2.81. The second-order valence-electron chi connectivity index (χ2n) is 4.14. The standard InChI is InChI=1S/C12H15N5O2/c1-8-9(5-16-17-8)3-2-4-13-11-7-14-10(6-15-11)12(18)19/h5-7H,2-4H2,1H3,(H,13,15)(H,16,17)(H,18,19). The molecule has 2 rings (SSSR count). The number of aryl methyl sites for hydroxylation is 2. The number of rotatable bonds is 6. The van der Waals surface area contributed by atoms with E-state index >= 15 is 0 Å². The maximum Gasteiger partial charge on any atom is 0.356 e. The minimum Gasteiger partial charge on any atom is -0.476 e. The molecule has 3 N–H and O–H groups in total. The first-order valence-electron chi connectivity index (χ1n) is 5.95. The van der Waals surface area contributed by atoms with Gasteiger partial charge in [0.05, 0.1) is 18.6 Å². The largest absolute Gasteiger partial charge is 0.476 e. The topological polar surface area (TPSA) is 104 Å². The number of aromatic carboxylic acids is 1. The van der Waals surface area contributed by atoms with Gasteiger partial charge in [-0.1, -0.05) is 0 Å². The number of carboxylic acids is 1. The van der Waals surface area contributed by atoms with Crippen LogP contribution in [0.1, 0.15) is 28.2 Å². The number of anilines is 1. The molecule has 0 aliphatic heterocycles. The summed E-state index contributed by atoms with van der Waals surface area (Å²) in [5.41, 5.74) is 2.24. The highest BCUT2D eigenvalue weighted by atomic mass is 16.4. The van der Waals surface area contributed by atoms with Crippen molar-refractivity contribution in [1.29, 1.82) is 0 Å². The van der Waals surface area contributed by atoms with Crippen molar-refractivity contribution in [2.24, 2.45) is 0 Å².